The number of hydrogen-bond acceptors (Lipinski definition) is 3. The standard InChI is InChI=1S/C16H15BrFNO3/c1-21-14-6-2-11(3-7-14)10-22-16(20)19-9-12-4-5-13(17)8-15(12)18/h2-8H,9-10H2,1H3,(H,19,20). The molecule has 0 heterocycles. The van der Waals surface area contributed by atoms with Gasteiger partial charge in [-0.05, 0) is 29.8 Å². The van der Waals surface area contributed by atoms with Gasteiger partial charge in [-0.15, -0.1) is 0 Å². The lowest BCUT2D eigenvalue weighted by Crippen LogP contribution is -2.24. The maximum Gasteiger partial charge on any atom is 0.407 e. The van der Waals surface area contributed by atoms with E-state index in [-0.39, 0.29) is 19.0 Å². The first-order chi connectivity index (χ1) is 10.6. The fourth-order valence-corrected chi connectivity index (χ4v) is 2.09. The van der Waals surface area contributed by atoms with Crippen LogP contribution in [0.5, 0.6) is 5.75 Å². The Balaban J connectivity index is 1.80. The molecule has 22 heavy (non-hydrogen) atoms. The molecule has 4 nitrogen and oxygen atoms in total. The average molecular weight is 368 g/mol. The van der Waals surface area contributed by atoms with Crippen LogP contribution in [0, 0.1) is 5.82 Å². The molecule has 0 saturated heterocycles. The van der Waals surface area contributed by atoms with Gasteiger partial charge in [0, 0.05) is 16.6 Å². The topological polar surface area (TPSA) is 47.6 Å². The monoisotopic (exact) mass is 367 g/mol. The zero-order valence-corrected chi connectivity index (χ0v) is 13.5. The molecule has 2 aromatic carbocycles. The van der Waals surface area contributed by atoms with Crippen LogP contribution in [0.15, 0.2) is 46.9 Å². The van der Waals surface area contributed by atoms with Crippen molar-refractivity contribution in [3.05, 3.63) is 63.9 Å². The van der Waals surface area contributed by atoms with Crippen molar-refractivity contribution in [3.63, 3.8) is 0 Å². The molecule has 116 valence electrons. The van der Waals surface area contributed by atoms with Crippen LogP contribution in [-0.2, 0) is 17.9 Å². The normalized spacial score (nSPS) is 10.1. The molecular weight excluding hydrogens is 353 g/mol. The van der Waals surface area contributed by atoms with E-state index in [1.165, 1.54) is 6.07 Å². The van der Waals surface area contributed by atoms with E-state index in [0.717, 1.165) is 11.3 Å². The number of nitrogens with one attached hydrogen (secondary N) is 1. The predicted octanol–water partition coefficient (Wildman–Crippen LogP) is 4.02. The Hall–Kier alpha value is -2.08. The van der Waals surface area contributed by atoms with Crippen LogP contribution in [0.4, 0.5) is 9.18 Å². The van der Waals surface area contributed by atoms with Gasteiger partial charge in [0.05, 0.1) is 7.11 Å². The Morgan fingerprint density at radius 1 is 1.23 bits per heavy atom. The van der Waals surface area contributed by atoms with E-state index in [0.29, 0.717) is 10.0 Å². The molecule has 0 spiro atoms. The summed E-state index contributed by atoms with van der Waals surface area (Å²) in [6.45, 7) is 0.208. The number of alkyl carbamates (subject to hydrolysis) is 1. The highest BCUT2D eigenvalue weighted by atomic mass is 79.9. The minimum absolute atomic E-state index is 0.0700. The molecule has 0 aliphatic carbocycles. The van der Waals surface area contributed by atoms with Crippen LogP contribution in [-0.4, -0.2) is 13.2 Å². The van der Waals surface area contributed by atoms with Crippen molar-refractivity contribution in [1.29, 1.82) is 0 Å². The summed E-state index contributed by atoms with van der Waals surface area (Å²) in [6, 6.07) is 11.8. The molecule has 1 N–H and O–H groups in total. The Morgan fingerprint density at radius 3 is 2.59 bits per heavy atom. The van der Waals surface area contributed by atoms with Gasteiger partial charge in [0.2, 0.25) is 0 Å². The SMILES string of the molecule is COc1ccc(COC(=O)NCc2ccc(Br)cc2F)cc1. The van der Waals surface area contributed by atoms with Gasteiger partial charge in [0.15, 0.2) is 0 Å². The second kappa shape index (κ2) is 7.79. The highest BCUT2D eigenvalue weighted by Crippen LogP contribution is 2.15. The van der Waals surface area contributed by atoms with Crippen molar-refractivity contribution < 1.29 is 18.7 Å². The van der Waals surface area contributed by atoms with Crippen molar-refractivity contribution in [2.45, 2.75) is 13.2 Å². The second-order valence-electron chi connectivity index (χ2n) is 4.51. The number of benzene rings is 2. The van der Waals surface area contributed by atoms with Crippen molar-refractivity contribution in [3.8, 4) is 5.75 Å². The lowest BCUT2D eigenvalue weighted by Gasteiger charge is -2.08. The molecule has 0 saturated carbocycles. The first kappa shape index (κ1) is 16.3. The van der Waals surface area contributed by atoms with E-state index in [1.54, 1.807) is 43.5 Å². The zero-order valence-electron chi connectivity index (χ0n) is 11.9. The van der Waals surface area contributed by atoms with Gasteiger partial charge in [0.25, 0.3) is 0 Å². The number of rotatable bonds is 5. The van der Waals surface area contributed by atoms with E-state index in [2.05, 4.69) is 21.2 Å². The average Bonchev–Trinajstić information content (AvgIpc) is 2.52. The van der Waals surface area contributed by atoms with E-state index in [1.807, 2.05) is 0 Å². The molecule has 6 heteroatoms. The quantitative estimate of drug-likeness (QED) is 0.867. The number of ether oxygens (including phenoxy) is 2. The van der Waals surface area contributed by atoms with Crippen LogP contribution in [0.1, 0.15) is 11.1 Å². The summed E-state index contributed by atoms with van der Waals surface area (Å²) in [5, 5.41) is 2.51. The van der Waals surface area contributed by atoms with E-state index in [4.69, 9.17) is 9.47 Å². The van der Waals surface area contributed by atoms with Gasteiger partial charge in [-0.1, -0.05) is 34.1 Å². The third-order valence-corrected chi connectivity index (χ3v) is 3.46. The van der Waals surface area contributed by atoms with E-state index < -0.39 is 6.09 Å². The summed E-state index contributed by atoms with van der Waals surface area (Å²) >= 11 is 3.18. The molecule has 0 aromatic heterocycles. The maximum absolute atomic E-state index is 13.6. The number of hydrogen-bond donors (Lipinski definition) is 1. The van der Waals surface area contributed by atoms with Crippen molar-refractivity contribution >= 4 is 22.0 Å². The molecule has 0 aliphatic heterocycles. The van der Waals surface area contributed by atoms with Crippen LogP contribution < -0.4 is 10.1 Å². The Labute approximate surface area is 136 Å². The number of methoxy groups -OCH3 is 1. The van der Waals surface area contributed by atoms with Crippen molar-refractivity contribution in [2.24, 2.45) is 0 Å². The van der Waals surface area contributed by atoms with Crippen LogP contribution in [0.25, 0.3) is 0 Å². The summed E-state index contributed by atoms with van der Waals surface area (Å²) in [5.74, 6) is 0.351. The molecule has 0 fully saturated rings. The largest absolute Gasteiger partial charge is 0.497 e. The molecule has 2 rings (SSSR count). The fraction of sp³-hybridized carbons (Fsp3) is 0.188. The molecule has 0 atom stereocenters. The molecule has 2 aromatic rings. The molecule has 1 amide bonds. The summed E-state index contributed by atoms with van der Waals surface area (Å²) in [4.78, 5) is 11.6. The number of carbonyl (C=O) groups is 1. The Bertz CT molecular complexity index is 646. The third-order valence-electron chi connectivity index (χ3n) is 2.97. The maximum atomic E-state index is 13.6. The smallest absolute Gasteiger partial charge is 0.407 e. The molecule has 0 unspecified atom stereocenters. The van der Waals surface area contributed by atoms with E-state index in [9.17, 15) is 9.18 Å². The lowest BCUT2D eigenvalue weighted by atomic mass is 10.2. The second-order valence-corrected chi connectivity index (χ2v) is 5.43. The van der Waals surface area contributed by atoms with Gasteiger partial charge in [-0.2, -0.15) is 0 Å². The first-order valence-electron chi connectivity index (χ1n) is 6.56. The number of carbonyl (C=O) groups excluding carboxylic acids is 1. The summed E-state index contributed by atoms with van der Waals surface area (Å²) in [5.41, 5.74) is 1.23. The molecule has 0 bridgehead atoms. The first-order valence-corrected chi connectivity index (χ1v) is 7.35. The number of halogens is 2. The van der Waals surface area contributed by atoms with Gasteiger partial charge in [-0.3, -0.25) is 0 Å². The predicted molar refractivity (Wildman–Crippen MR) is 84.1 cm³/mol. The summed E-state index contributed by atoms with van der Waals surface area (Å²) < 4.78 is 24.3. The molecular formula is C16H15BrFNO3. The highest BCUT2D eigenvalue weighted by Gasteiger charge is 2.06. The van der Waals surface area contributed by atoms with Crippen molar-refractivity contribution in [2.75, 3.05) is 7.11 Å². The fourth-order valence-electron chi connectivity index (χ4n) is 1.75. The van der Waals surface area contributed by atoms with E-state index >= 15 is 0 Å². The van der Waals surface area contributed by atoms with Gasteiger partial charge in [0.1, 0.15) is 18.2 Å². The Kier molecular flexibility index (Phi) is 5.77. The van der Waals surface area contributed by atoms with Crippen molar-refractivity contribution in [1.82, 2.24) is 5.32 Å². The molecule has 0 radical (unpaired) electrons. The highest BCUT2D eigenvalue weighted by molar-refractivity contribution is 9.10. The zero-order chi connectivity index (χ0) is 15.9. The lowest BCUT2D eigenvalue weighted by molar-refractivity contribution is 0.139. The van der Waals surface area contributed by atoms with Crippen LogP contribution in [0.3, 0.4) is 0 Å². The third kappa shape index (κ3) is 4.73. The summed E-state index contributed by atoms with van der Waals surface area (Å²) in [6.07, 6.45) is -0.599. The minimum atomic E-state index is -0.599. The van der Waals surface area contributed by atoms with Gasteiger partial charge >= 0.3 is 6.09 Å². The van der Waals surface area contributed by atoms with Crippen LogP contribution in [0.2, 0.25) is 0 Å². The van der Waals surface area contributed by atoms with Gasteiger partial charge < -0.3 is 14.8 Å². The summed E-state index contributed by atoms with van der Waals surface area (Å²) in [7, 11) is 1.58. The van der Waals surface area contributed by atoms with Gasteiger partial charge in [-0.25, -0.2) is 9.18 Å². The minimum Gasteiger partial charge on any atom is -0.497 e. The Morgan fingerprint density at radius 2 is 1.95 bits per heavy atom. The number of amides is 1. The van der Waals surface area contributed by atoms with Crippen LogP contribution >= 0.6 is 15.9 Å². The molecule has 0 aliphatic rings.